The lowest BCUT2D eigenvalue weighted by Crippen LogP contribution is -2.29. The van der Waals surface area contributed by atoms with E-state index in [1.807, 2.05) is 6.92 Å². The average Bonchev–Trinajstić information content (AvgIpc) is 2.86. The van der Waals surface area contributed by atoms with Crippen molar-refractivity contribution < 1.29 is 28.2 Å². The smallest absolute Gasteiger partial charge is 0.262 e. The molecule has 0 aliphatic heterocycles. The van der Waals surface area contributed by atoms with E-state index in [4.69, 9.17) is 14.2 Å². The van der Waals surface area contributed by atoms with Crippen LogP contribution in [-0.4, -0.2) is 44.6 Å². The number of benzene rings is 3. The van der Waals surface area contributed by atoms with Gasteiger partial charge in [0.15, 0.2) is 18.1 Å². The summed E-state index contributed by atoms with van der Waals surface area (Å²) in [6, 6.07) is 17.6. The fourth-order valence-corrected chi connectivity index (χ4v) is 3.34. The number of anilines is 1. The van der Waals surface area contributed by atoms with Gasteiger partial charge in [-0.2, -0.15) is 0 Å². The number of nitrogens with one attached hydrogen (secondary N) is 1. The van der Waals surface area contributed by atoms with Crippen LogP contribution in [0.3, 0.4) is 0 Å². The third-order valence-corrected chi connectivity index (χ3v) is 5.40. The van der Waals surface area contributed by atoms with Gasteiger partial charge in [-0.3, -0.25) is 9.59 Å². The third kappa shape index (κ3) is 5.83. The molecular weight excluding hydrogens is 439 g/mol. The van der Waals surface area contributed by atoms with Crippen molar-refractivity contribution in [3.63, 3.8) is 0 Å². The van der Waals surface area contributed by atoms with E-state index >= 15 is 0 Å². The zero-order valence-corrected chi connectivity index (χ0v) is 19.5. The van der Waals surface area contributed by atoms with Gasteiger partial charge in [0.25, 0.3) is 11.8 Å². The fourth-order valence-electron chi connectivity index (χ4n) is 3.34. The van der Waals surface area contributed by atoms with Gasteiger partial charge >= 0.3 is 0 Å². The topological polar surface area (TPSA) is 77.1 Å². The van der Waals surface area contributed by atoms with E-state index < -0.39 is 0 Å². The number of ether oxygens (including phenoxy) is 3. The molecule has 3 aromatic rings. The van der Waals surface area contributed by atoms with Crippen LogP contribution in [0.25, 0.3) is 0 Å². The molecule has 178 valence electrons. The molecule has 0 radical (unpaired) electrons. The number of hydrogen-bond donors (Lipinski definition) is 1. The highest BCUT2D eigenvalue weighted by Crippen LogP contribution is 2.30. The highest BCUT2D eigenvalue weighted by Gasteiger charge is 2.21. The molecule has 0 bridgehead atoms. The Balaban J connectivity index is 1.67. The van der Waals surface area contributed by atoms with Crippen LogP contribution in [0.15, 0.2) is 66.7 Å². The number of amides is 2. The first-order valence-electron chi connectivity index (χ1n) is 10.6. The van der Waals surface area contributed by atoms with Crippen LogP contribution in [0.2, 0.25) is 0 Å². The lowest BCUT2D eigenvalue weighted by Gasteiger charge is -2.26. The van der Waals surface area contributed by atoms with Crippen molar-refractivity contribution in [2.75, 3.05) is 33.2 Å². The molecular formula is C26H27FN2O5. The Bertz CT molecular complexity index is 1150. The van der Waals surface area contributed by atoms with E-state index in [1.165, 1.54) is 26.4 Å². The molecule has 0 saturated carbocycles. The number of hydrogen-bond acceptors (Lipinski definition) is 5. The highest BCUT2D eigenvalue weighted by atomic mass is 19.1. The fraction of sp³-hybridized carbons (Fsp3) is 0.231. The molecule has 0 aromatic heterocycles. The maximum Gasteiger partial charge on any atom is 0.262 e. The van der Waals surface area contributed by atoms with Crippen molar-refractivity contribution in [2.24, 2.45) is 0 Å². The van der Waals surface area contributed by atoms with Crippen LogP contribution in [-0.2, 0) is 4.79 Å². The molecule has 1 atom stereocenters. The number of para-hydroxylation sites is 2. The van der Waals surface area contributed by atoms with Gasteiger partial charge < -0.3 is 24.4 Å². The summed E-state index contributed by atoms with van der Waals surface area (Å²) in [4.78, 5) is 26.9. The first kappa shape index (κ1) is 24.6. The lowest BCUT2D eigenvalue weighted by atomic mass is 10.1. The molecule has 0 aliphatic rings. The van der Waals surface area contributed by atoms with E-state index in [0.717, 1.165) is 5.56 Å². The predicted octanol–water partition coefficient (Wildman–Crippen LogP) is 4.69. The SMILES string of the molecule is COc1ccccc1NC(=O)COc1ccc(C(=O)N(C)C(C)c2ccc(F)cc2)cc1OC. The van der Waals surface area contributed by atoms with Crippen molar-refractivity contribution >= 4 is 17.5 Å². The van der Waals surface area contributed by atoms with Crippen molar-refractivity contribution in [3.05, 3.63) is 83.7 Å². The Labute approximate surface area is 198 Å². The van der Waals surface area contributed by atoms with E-state index in [9.17, 15) is 14.0 Å². The summed E-state index contributed by atoms with van der Waals surface area (Å²) in [7, 11) is 4.65. The summed E-state index contributed by atoms with van der Waals surface area (Å²) < 4.78 is 29.4. The number of halogens is 1. The second kappa shape index (κ2) is 11.2. The minimum Gasteiger partial charge on any atom is -0.495 e. The van der Waals surface area contributed by atoms with Crippen molar-refractivity contribution in [1.29, 1.82) is 0 Å². The molecule has 0 saturated heterocycles. The lowest BCUT2D eigenvalue weighted by molar-refractivity contribution is -0.118. The van der Waals surface area contributed by atoms with Crippen LogP contribution in [0.4, 0.5) is 10.1 Å². The maximum atomic E-state index is 13.2. The number of nitrogens with zero attached hydrogens (tertiary/aromatic N) is 1. The van der Waals surface area contributed by atoms with Gasteiger partial charge in [0.1, 0.15) is 11.6 Å². The largest absolute Gasteiger partial charge is 0.495 e. The number of rotatable bonds is 9. The molecule has 1 N–H and O–H groups in total. The monoisotopic (exact) mass is 466 g/mol. The Morgan fingerprint density at radius 2 is 1.62 bits per heavy atom. The van der Waals surface area contributed by atoms with Crippen LogP contribution < -0.4 is 19.5 Å². The van der Waals surface area contributed by atoms with Gasteiger partial charge in [-0.25, -0.2) is 4.39 Å². The van der Waals surface area contributed by atoms with Gasteiger partial charge in [0.05, 0.1) is 25.9 Å². The van der Waals surface area contributed by atoms with Crippen LogP contribution in [0.5, 0.6) is 17.2 Å². The van der Waals surface area contributed by atoms with Gasteiger partial charge in [0.2, 0.25) is 0 Å². The van der Waals surface area contributed by atoms with Crippen LogP contribution in [0.1, 0.15) is 28.9 Å². The van der Waals surface area contributed by atoms with Crippen molar-refractivity contribution in [2.45, 2.75) is 13.0 Å². The summed E-state index contributed by atoms with van der Waals surface area (Å²) in [5, 5.41) is 2.73. The Morgan fingerprint density at radius 3 is 2.29 bits per heavy atom. The molecule has 0 spiro atoms. The van der Waals surface area contributed by atoms with E-state index in [0.29, 0.717) is 28.5 Å². The number of carbonyl (C=O) groups is 2. The molecule has 7 nitrogen and oxygen atoms in total. The molecule has 3 rings (SSSR count). The minimum absolute atomic E-state index is 0.240. The summed E-state index contributed by atoms with van der Waals surface area (Å²) in [5.41, 5.74) is 1.73. The zero-order valence-electron chi connectivity index (χ0n) is 19.5. The third-order valence-electron chi connectivity index (χ3n) is 5.40. The standard InChI is InChI=1S/C26H27FN2O5/c1-17(18-9-12-20(27)13-10-18)29(2)26(31)19-11-14-23(24(15-19)33-4)34-16-25(30)28-21-7-5-6-8-22(21)32-3/h5-15,17H,16H2,1-4H3,(H,28,30). The molecule has 3 aromatic carbocycles. The average molecular weight is 467 g/mol. The number of carbonyl (C=O) groups excluding carboxylic acids is 2. The maximum absolute atomic E-state index is 13.2. The Kier molecular flexibility index (Phi) is 8.08. The molecule has 0 aliphatic carbocycles. The summed E-state index contributed by atoms with van der Waals surface area (Å²) in [6.45, 7) is 1.60. The summed E-state index contributed by atoms with van der Waals surface area (Å²) >= 11 is 0. The Hall–Kier alpha value is -4.07. The zero-order chi connectivity index (χ0) is 24.7. The summed E-state index contributed by atoms with van der Waals surface area (Å²) in [6.07, 6.45) is 0. The van der Waals surface area contributed by atoms with Crippen molar-refractivity contribution in [3.8, 4) is 17.2 Å². The second-order valence-corrected chi connectivity index (χ2v) is 7.55. The van der Waals surface area contributed by atoms with Gasteiger partial charge in [0, 0.05) is 12.6 Å². The second-order valence-electron chi connectivity index (χ2n) is 7.55. The quantitative estimate of drug-likeness (QED) is 0.495. The molecule has 1 unspecified atom stereocenters. The van der Waals surface area contributed by atoms with Crippen LogP contribution >= 0.6 is 0 Å². The summed E-state index contributed by atoms with van der Waals surface area (Å²) in [5.74, 6) is 0.231. The first-order chi connectivity index (χ1) is 16.3. The molecule has 2 amide bonds. The van der Waals surface area contributed by atoms with Gasteiger partial charge in [-0.15, -0.1) is 0 Å². The van der Waals surface area contributed by atoms with E-state index in [2.05, 4.69) is 5.32 Å². The molecule has 0 heterocycles. The Morgan fingerprint density at radius 1 is 0.941 bits per heavy atom. The molecule has 8 heteroatoms. The molecule has 0 fully saturated rings. The van der Waals surface area contributed by atoms with Gasteiger partial charge in [-0.1, -0.05) is 24.3 Å². The van der Waals surface area contributed by atoms with Crippen LogP contribution in [0, 0.1) is 5.82 Å². The van der Waals surface area contributed by atoms with E-state index in [-0.39, 0.29) is 30.3 Å². The minimum atomic E-state index is -0.375. The van der Waals surface area contributed by atoms with Gasteiger partial charge in [-0.05, 0) is 55.0 Å². The van der Waals surface area contributed by atoms with E-state index in [1.54, 1.807) is 66.5 Å². The normalized spacial score (nSPS) is 11.3. The number of methoxy groups -OCH3 is 2. The van der Waals surface area contributed by atoms with Crippen molar-refractivity contribution in [1.82, 2.24) is 4.90 Å². The first-order valence-corrected chi connectivity index (χ1v) is 10.6. The highest BCUT2D eigenvalue weighted by molar-refractivity contribution is 5.95. The predicted molar refractivity (Wildman–Crippen MR) is 127 cm³/mol. The molecule has 34 heavy (non-hydrogen) atoms.